The summed E-state index contributed by atoms with van der Waals surface area (Å²) in [5.41, 5.74) is 0. The minimum atomic E-state index is -0.834. The number of likely N-dealkylation sites (tertiary alicyclic amines) is 1. The second kappa shape index (κ2) is 6.72. The molecule has 1 aromatic heterocycles. The lowest BCUT2D eigenvalue weighted by molar-refractivity contribution is -0.153. The monoisotopic (exact) mass is 319 g/mol. The molecule has 1 aliphatic carbocycles. The minimum absolute atomic E-state index is 0.0704. The number of rotatable bonds is 4. The van der Waals surface area contributed by atoms with E-state index in [2.05, 4.69) is 4.98 Å². The van der Waals surface area contributed by atoms with Crippen molar-refractivity contribution in [2.45, 2.75) is 51.0 Å². The molecule has 6 nitrogen and oxygen atoms in total. The summed E-state index contributed by atoms with van der Waals surface area (Å²) in [6.07, 6.45) is 10.2. The molecule has 0 aromatic carbocycles. The Morgan fingerprint density at radius 1 is 1.30 bits per heavy atom. The molecule has 2 fully saturated rings. The van der Waals surface area contributed by atoms with Crippen LogP contribution in [0, 0.1) is 11.8 Å². The summed E-state index contributed by atoms with van der Waals surface area (Å²) in [5, 5.41) is 9.63. The Hall–Kier alpha value is -1.85. The number of imidazole rings is 1. The van der Waals surface area contributed by atoms with Gasteiger partial charge in [-0.25, -0.2) is 4.98 Å². The van der Waals surface area contributed by atoms with E-state index >= 15 is 0 Å². The number of carbonyl (C=O) groups excluding carboxylic acids is 1. The highest BCUT2D eigenvalue weighted by molar-refractivity contribution is 5.81. The highest BCUT2D eigenvalue weighted by atomic mass is 16.4. The van der Waals surface area contributed by atoms with Crippen LogP contribution in [0.15, 0.2) is 12.4 Å². The van der Waals surface area contributed by atoms with Crippen LogP contribution in [0.1, 0.15) is 56.8 Å². The van der Waals surface area contributed by atoms with E-state index in [0.717, 1.165) is 12.8 Å². The van der Waals surface area contributed by atoms with E-state index in [9.17, 15) is 14.7 Å². The summed E-state index contributed by atoms with van der Waals surface area (Å²) in [6.45, 7) is 0.667. The van der Waals surface area contributed by atoms with Crippen LogP contribution in [0.25, 0.3) is 0 Å². The number of carboxylic acids is 1. The maximum Gasteiger partial charge on any atom is 0.309 e. The zero-order chi connectivity index (χ0) is 16.4. The standard InChI is InChI=1S/C17H25N3O3/c1-19-10-9-18-16(19)15-13(17(22)23)7-8-14(21)20(15)11-12-5-3-2-4-6-12/h9-10,12-13,15H,2-8,11H2,1H3,(H,22,23)/t13-,15-/m0/s1. The highest BCUT2D eigenvalue weighted by Gasteiger charge is 2.43. The van der Waals surface area contributed by atoms with E-state index in [1.807, 2.05) is 17.8 Å². The fourth-order valence-corrected chi connectivity index (χ4v) is 4.06. The maximum atomic E-state index is 12.5. The summed E-state index contributed by atoms with van der Waals surface area (Å²) >= 11 is 0. The number of carboxylic acid groups (broad SMARTS) is 1. The lowest BCUT2D eigenvalue weighted by Crippen LogP contribution is -2.48. The molecule has 2 aliphatic rings. The predicted octanol–water partition coefficient (Wildman–Crippen LogP) is 2.36. The molecule has 6 heteroatoms. The fraction of sp³-hybridized carbons (Fsp3) is 0.706. The summed E-state index contributed by atoms with van der Waals surface area (Å²) < 4.78 is 1.84. The number of nitrogens with zero attached hydrogens (tertiary/aromatic N) is 3. The zero-order valence-corrected chi connectivity index (χ0v) is 13.6. The van der Waals surface area contributed by atoms with Crippen molar-refractivity contribution >= 4 is 11.9 Å². The largest absolute Gasteiger partial charge is 0.481 e. The van der Waals surface area contributed by atoms with Gasteiger partial charge in [-0.05, 0) is 25.2 Å². The zero-order valence-electron chi connectivity index (χ0n) is 13.6. The van der Waals surface area contributed by atoms with Gasteiger partial charge in [0.25, 0.3) is 0 Å². The Kier molecular flexibility index (Phi) is 4.68. The fourth-order valence-electron chi connectivity index (χ4n) is 4.06. The summed E-state index contributed by atoms with van der Waals surface area (Å²) in [7, 11) is 1.86. The van der Waals surface area contributed by atoms with E-state index in [0.29, 0.717) is 31.1 Å². The minimum Gasteiger partial charge on any atom is -0.481 e. The van der Waals surface area contributed by atoms with Crippen molar-refractivity contribution < 1.29 is 14.7 Å². The summed E-state index contributed by atoms with van der Waals surface area (Å²) in [5.74, 6) is -0.165. The van der Waals surface area contributed by atoms with E-state index < -0.39 is 17.9 Å². The first kappa shape index (κ1) is 16.0. The number of aromatic nitrogens is 2. The second-order valence-corrected chi connectivity index (χ2v) is 6.87. The van der Waals surface area contributed by atoms with Crippen molar-refractivity contribution in [3.63, 3.8) is 0 Å². The number of hydrogen-bond donors (Lipinski definition) is 1. The predicted molar refractivity (Wildman–Crippen MR) is 84.6 cm³/mol. The van der Waals surface area contributed by atoms with Crippen LogP contribution in [0.2, 0.25) is 0 Å². The van der Waals surface area contributed by atoms with Gasteiger partial charge < -0.3 is 14.6 Å². The number of carbonyl (C=O) groups is 2. The molecule has 126 valence electrons. The number of aryl methyl sites for hydroxylation is 1. The lowest BCUT2D eigenvalue weighted by atomic mass is 9.84. The average molecular weight is 319 g/mol. The van der Waals surface area contributed by atoms with Crippen molar-refractivity contribution in [2.75, 3.05) is 6.54 Å². The van der Waals surface area contributed by atoms with E-state index in [1.165, 1.54) is 19.3 Å². The van der Waals surface area contributed by atoms with Crippen molar-refractivity contribution in [2.24, 2.45) is 18.9 Å². The Morgan fingerprint density at radius 2 is 2.04 bits per heavy atom. The third-order valence-electron chi connectivity index (χ3n) is 5.33. The molecule has 0 unspecified atom stereocenters. The Labute approximate surface area is 136 Å². The molecule has 1 saturated heterocycles. The molecule has 0 spiro atoms. The first-order valence-corrected chi connectivity index (χ1v) is 8.57. The third-order valence-corrected chi connectivity index (χ3v) is 5.33. The van der Waals surface area contributed by atoms with Crippen LogP contribution >= 0.6 is 0 Å². The molecule has 2 heterocycles. The van der Waals surface area contributed by atoms with E-state index in [-0.39, 0.29) is 5.91 Å². The molecule has 1 amide bonds. The smallest absolute Gasteiger partial charge is 0.309 e. The Balaban J connectivity index is 1.89. The molecule has 1 aromatic rings. The van der Waals surface area contributed by atoms with Crippen LogP contribution in [0.5, 0.6) is 0 Å². The van der Waals surface area contributed by atoms with Gasteiger partial charge in [-0.3, -0.25) is 9.59 Å². The first-order valence-electron chi connectivity index (χ1n) is 8.57. The molecule has 3 rings (SSSR count). The van der Waals surface area contributed by atoms with E-state index in [1.54, 1.807) is 11.1 Å². The third kappa shape index (κ3) is 3.26. The molecular formula is C17H25N3O3. The molecule has 1 saturated carbocycles. The lowest BCUT2D eigenvalue weighted by Gasteiger charge is -2.41. The molecule has 2 atom stereocenters. The van der Waals surface area contributed by atoms with Gasteiger partial charge in [0.2, 0.25) is 5.91 Å². The van der Waals surface area contributed by atoms with Crippen molar-refractivity contribution in [1.82, 2.24) is 14.5 Å². The summed E-state index contributed by atoms with van der Waals surface area (Å²) in [4.78, 5) is 30.5. The maximum absolute atomic E-state index is 12.5. The SMILES string of the molecule is Cn1ccnc1[C@@H]1[C@@H](C(=O)O)CCC(=O)N1CC1CCCCC1. The quantitative estimate of drug-likeness (QED) is 0.924. The van der Waals surface area contributed by atoms with Crippen LogP contribution in [-0.4, -0.2) is 38.0 Å². The van der Waals surface area contributed by atoms with Crippen LogP contribution in [0.4, 0.5) is 0 Å². The van der Waals surface area contributed by atoms with Crippen LogP contribution in [-0.2, 0) is 16.6 Å². The molecule has 23 heavy (non-hydrogen) atoms. The van der Waals surface area contributed by atoms with Crippen molar-refractivity contribution in [3.05, 3.63) is 18.2 Å². The van der Waals surface area contributed by atoms with Crippen molar-refractivity contribution in [3.8, 4) is 0 Å². The number of aliphatic carboxylic acids is 1. The first-order chi connectivity index (χ1) is 11.1. The van der Waals surface area contributed by atoms with Gasteiger partial charge in [-0.15, -0.1) is 0 Å². The molecule has 0 bridgehead atoms. The topological polar surface area (TPSA) is 75.4 Å². The number of amides is 1. The van der Waals surface area contributed by atoms with Gasteiger partial charge in [0.15, 0.2) is 0 Å². The van der Waals surface area contributed by atoms with Gasteiger partial charge in [0, 0.05) is 32.4 Å². The van der Waals surface area contributed by atoms with Crippen LogP contribution < -0.4 is 0 Å². The second-order valence-electron chi connectivity index (χ2n) is 6.87. The van der Waals surface area contributed by atoms with Gasteiger partial charge in [0.1, 0.15) is 11.9 Å². The molecule has 1 N–H and O–H groups in total. The van der Waals surface area contributed by atoms with Gasteiger partial charge in [0.05, 0.1) is 5.92 Å². The normalized spacial score (nSPS) is 26.5. The summed E-state index contributed by atoms with van der Waals surface area (Å²) in [6, 6.07) is -0.448. The van der Waals surface area contributed by atoms with Gasteiger partial charge >= 0.3 is 5.97 Å². The molecule has 1 aliphatic heterocycles. The van der Waals surface area contributed by atoms with E-state index in [4.69, 9.17) is 0 Å². The highest BCUT2D eigenvalue weighted by Crippen LogP contribution is 2.38. The Morgan fingerprint density at radius 3 is 2.65 bits per heavy atom. The average Bonchev–Trinajstić information content (AvgIpc) is 2.95. The van der Waals surface area contributed by atoms with Crippen molar-refractivity contribution in [1.29, 1.82) is 0 Å². The van der Waals surface area contributed by atoms with Gasteiger partial charge in [-0.1, -0.05) is 19.3 Å². The number of hydrogen-bond acceptors (Lipinski definition) is 3. The molecular weight excluding hydrogens is 294 g/mol. The number of piperidine rings is 1. The molecule has 0 radical (unpaired) electrons. The Bertz CT molecular complexity index is 577. The van der Waals surface area contributed by atoms with Gasteiger partial charge in [-0.2, -0.15) is 0 Å². The van der Waals surface area contributed by atoms with Crippen LogP contribution in [0.3, 0.4) is 0 Å².